The second-order valence-corrected chi connectivity index (χ2v) is 13.1. The summed E-state index contributed by atoms with van der Waals surface area (Å²) in [5.74, 6) is 2.93. The molecule has 3 aromatic heterocycles. The topological polar surface area (TPSA) is 69.6 Å². The van der Waals surface area contributed by atoms with Gasteiger partial charge in [-0.15, -0.1) is 0 Å². The van der Waals surface area contributed by atoms with Gasteiger partial charge in [0.05, 0.1) is 22.1 Å². The third-order valence-electron chi connectivity index (χ3n) is 9.80. The number of rotatable bonds is 4. The molecule has 1 aliphatic rings. The van der Waals surface area contributed by atoms with Crippen LogP contribution in [-0.4, -0.2) is 24.5 Å². The van der Waals surface area contributed by atoms with Gasteiger partial charge < -0.3 is 4.42 Å². The van der Waals surface area contributed by atoms with E-state index < -0.39 is 0 Å². The number of furan rings is 1. The molecular formula is C43H29N5O. The van der Waals surface area contributed by atoms with Gasteiger partial charge in [-0.25, -0.2) is 19.9 Å². The standard InChI is InChI=1S/C43H29N5O/c1-43(2)32-25-29(20-22-34(32)48-35-18-10-9-17-33(35)44-42(43)48)28-21-23-36-31(24-28)38-30(16-11-19-37(38)49-36)41-46-39(26-12-5-3-6-13-26)45-40(47-41)27-14-7-4-8-15-27/h3-25H,1-2H3. The van der Waals surface area contributed by atoms with Crippen molar-refractivity contribution in [2.75, 3.05) is 0 Å². The van der Waals surface area contributed by atoms with Crippen molar-refractivity contribution in [3.05, 3.63) is 151 Å². The van der Waals surface area contributed by atoms with Crippen molar-refractivity contribution in [1.29, 1.82) is 0 Å². The average Bonchev–Trinajstić information content (AvgIpc) is 3.80. The number of hydrogen-bond donors (Lipinski definition) is 0. The maximum absolute atomic E-state index is 6.43. The van der Waals surface area contributed by atoms with Crippen molar-refractivity contribution in [3.8, 4) is 51.0 Å². The zero-order valence-electron chi connectivity index (χ0n) is 26.9. The first kappa shape index (κ1) is 27.7. The van der Waals surface area contributed by atoms with Gasteiger partial charge in [0.15, 0.2) is 17.5 Å². The number of fused-ring (bicyclic) bond motifs is 8. The second kappa shape index (κ2) is 10.3. The first-order chi connectivity index (χ1) is 24.0. The van der Waals surface area contributed by atoms with Crippen LogP contribution in [0.2, 0.25) is 0 Å². The molecule has 6 heteroatoms. The molecule has 1 aliphatic heterocycles. The van der Waals surface area contributed by atoms with Crippen molar-refractivity contribution >= 4 is 33.0 Å². The summed E-state index contributed by atoms with van der Waals surface area (Å²) >= 11 is 0. The van der Waals surface area contributed by atoms with Gasteiger partial charge in [-0.1, -0.05) is 97.1 Å². The lowest BCUT2D eigenvalue weighted by molar-refractivity contribution is 0.621. The molecule has 4 heterocycles. The molecule has 6 aromatic carbocycles. The molecule has 0 fully saturated rings. The van der Waals surface area contributed by atoms with Crippen LogP contribution in [0.25, 0.3) is 83.9 Å². The molecule has 0 bridgehead atoms. The van der Waals surface area contributed by atoms with Crippen LogP contribution < -0.4 is 0 Å². The SMILES string of the molecule is CC1(C)c2cc(-c3ccc4oc5cccc(-c6nc(-c7ccccc7)nc(-c7ccccc7)n6)c5c4c3)ccc2-n2c1nc1ccccc12. The molecule has 0 saturated heterocycles. The minimum Gasteiger partial charge on any atom is -0.456 e. The smallest absolute Gasteiger partial charge is 0.164 e. The molecule has 0 radical (unpaired) electrons. The van der Waals surface area contributed by atoms with E-state index in [0.29, 0.717) is 17.5 Å². The highest BCUT2D eigenvalue weighted by Gasteiger charge is 2.39. The molecule has 0 N–H and O–H groups in total. The van der Waals surface area contributed by atoms with Crippen LogP contribution in [0.5, 0.6) is 0 Å². The van der Waals surface area contributed by atoms with Gasteiger partial charge >= 0.3 is 0 Å². The van der Waals surface area contributed by atoms with Crippen LogP contribution in [0.4, 0.5) is 0 Å². The Hall–Kier alpha value is -6.40. The Labute approximate surface area is 282 Å². The summed E-state index contributed by atoms with van der Waals surface area (Å²) in [5, 5.41) is 2.00. The molecule has 9 aromatic rings. The summed E-state index contributed by atoms with van der Waals surface area (Å²) in [6.45, 7) is 4.53. The van der Waals surface area contributed by atoms with Gasteiger partial charge in [-0.3, -0.25) is 4.57 Å². The molecule has 10 rings (SSSR count). The summed E-state index contributed by atoms with van der Waals surface area (Å²) in [4.78, 5) is 20.0. The van der Waals surface area contributed by atoms with Gasteiger partial charge in [-0.05, 0) is 73.0 Å². The van der Waals surface area contributed by atoms with E-state index in [1.54, 1.807) is 0 Å². The summed E-state index contributed by atoms with van der Waals surface area (Å²) in [6, 6.07) is 47.8. The van der Waals surface area contributed by atoms with Crippen LogP contribution in [0.3, 0.4) is 0 Å². The first-order valence-electron chi connectivity index (χ1n) is 16.5. The Balaban J connectivity index is 1.14. The van der Waals surface area contributed by atoms with Gasteiger partial charge in [0.1, 0.15) is 17.0 Å². The summed E-state index contributed by atoms with van der Waals surface area (Å²) in [6.07, 6.45) is 0. The number of aromatic nitrogens is 5. The van der Waals surface area contributed by atoms with Crippen molar-refractivity contribution in [1.82, 2.24) is 24.5 Å². The van der Waals surface area contributed by atoms with E-state index >= 15 is 0 Å². The van der Waals surface area contributed by atoms with Crippen LogP contribution in [0, 0.1) is 0 Å². The maximum atomic E-state index is 6.43. The molecule has 0 saturated carbocycles. The van der Waals surface area contributed by atoms with Crippen molar-refractivity contribution in [2.45, 2.75) is 19.3 Å². The molecule has 6 nitrogen and oxygen atoms in total. The Morgan fingerprint density at radius 1 is 0.531 bits per heavy atom. The lowest BCUT2D eigenvalue weighted by atomic mass is 9.84. The normalized spacial score (nSPS) is 13.3. The van der Waals surface area contributed by atoms with E-state index in [4.69, 9.17) is 24.4 Å². The van der Waals surface area contributed by atoms with Crippen LogP contribution in [-0.2, 0) is 5.41 Å². The van der Waals surface area contributed by atoms with E-state index in [9.17, 15) is 0 Å². The van der Waals surface area contributed by atoms with Crippen LogP contribution >= 0.6 is 0 Å². The zero-order valence-corrected chi connectivity index (χ0v) is 26.9. The molecular weight excluding hydrogens is 603 g/mol. The minimum absolute atomic E-state index is 0.240. The number of para-hydroxylation sites is 2. The van der Waals surface area contributed by atoms with Crippen molar-refractivity contribution in [2.24, 2.45) is 0 Å². The van der Waals surface area contributed by atoms with Crippen molar-refractivity contribution < 1.29 is 4.42 Å². The average molecular weight is 632 g/mol. The van der Waals surface area contributed by atoms with Gasteiger partial charge in [-0.2, -0.15) is 0 Å². The monoisotopic (exact) mass is 631 g/mol. The van der Waals surface area contributed by atoms with E-state index in [0.717, 1.165) is 66.6 Å². The minimum atomic E-state index is -0.240. The predicted molar refractivity (Wildman–Crippen MR) is 196 cm³/mol. The number of benzene rings is 6. The Kier molecular flexibility index (Phi) is 5.82. The Morgan fingerprint density at radius 3 is 1.94 bits per heavy atom. The number of nitrogens with zero attached hydrogens (tertiary/aromatic N) is 5. The highest BCUT2D eigenvalue weighted by molar-refractivity contribution is 6.12. The van der Waals surface area contributed by atoms with Gasteiger partial charge in [0.25, 0.3) is 0 Å². The number of imidazole rings is 1. The molecule has 232 valence electrons. The summed E-state index contributed by atoms with van der Waals surface area (Å²) in [7, 11) is 0. The molecule has 0 spiro atoms. The molecule has 0 aliphatic carbocycles. The van der Waals surface area contributed by atoms with E-state index in [1.807, 2.05) is 72.8 Å². The van der Waals surface area contributed by atoms with Gasteiger partial charge in [0, 0.05) is 27.5 Å². The predicted octanol–water partition coefficient (Wildman–Crippen LogP) is 10.4. The number of hydrogen-bond acceptors (Lipinski definition) is 5. The Morgan fingerprint density at radius 2 is 1.18 bits per heavy atom. The highest BCUT2D eigenvalue weighted by atomic mass is 16.3. The second-order valence-electron chi connectivity index (χ2n) is 13.1. The van der Waals surface area contributed by atoms with E-state index in [1.165, 1.54) is 11.3 Å². The van der Waals surface area contributed by atoms with Gasteiger partial charge in [0.2, 0.25) is 0 Å². The first-order valence-corrected chi connectivity index (χ1v) is 16.5. The third kappa shape index (κ3) is 4.20. The lowest BCUT2D eigenvalue weighted by Crippen LogP contribution is -2.16. The summed E-state index contributed by atoms with van der Waals surface area (Å²) < 4.78 is 8.75. The Bertz CT molecular complexity index is 2680. The summed E-state index contributed by atoms with van der Waals surface area (Å²) in [5.41, 5.74) is 11.0. The fraction of sp³-hybridized carbons (Fsp3) is 0.0698. The molecule has 0 atom stereocenters. The highest BCUT2D eigenvalue weighted by Crippen LogP contribution is 2.46. The van der Waals surface area contributed by atoms with E-state index in [-0.39, 0.29) is 5.41 Å². The van der Waals surface area contributed by atoms with E-state index in [2.05, 4.69) is 85.1 Å². The third-order valence-corrected chi connectivity index (χ3v) is 9.80. The van der Waals surface area contributed by atoms with Crippen LogP contribution in [0.15, 0.2) is 144 Å². The zero-order chi connectivity index (χ0) is 32.7. The largest absolute Gasteiger partial charge is 0.456 e. The fourth-order valence-electron chi connectivity index (χ4n) is 7.34. The molecule has 0 amide bonds. The lowest BCUT2D eigenvalue weighted by Gasteiger charge is -2.18. The van der Waals surface area contributed by atoms with Crippen LogP contribution in [0.1, 0.15) is 25.2 Å². The quantitative estimate of drug-likeness (QED) is 0.193. The fourth-order valence-corrected chi connectivity index (χ4v) is 7.34. The molecule has 49 heavy (non-hydrogen) atoms. The molecule has 0 unspecified atom stereocenters. The van der Waals surface area contributed by atoms with Crippen molar-refractivity contribution in [3.63, 3.8) is 0 Å². The maximum Gasteiger partial charge on any atom is 0.164 e.